The molecule has 0 fully saturated rings. The molecule has 8 nitrogen and oxygen atoms in total. The zero-order chi connectivity index (χ0) is 24.9. The van der Waals surface area contributed by atoms with Crippen LogP contribution in [0.1, 0.15) is 42.2 Å². The molecular weight excluding hydrogens is 444 g/mol. The van der Waals surface area contributed by atoms with Crippen LogP contribution in [0.2, 0.25) is 0 Å². The maximum atomic E-state index is 12.7. The van der Waals surface area contributed by atoms with Crippen molar-refractivity contribution in [1.29, 1.82) is 0 Å². The average Bonchev–Trinajstić information content (AvgIpc) is 2.86. The topological polar surface area (TPSA) is 137 Å². The SMILES string of the molecule is COc1ccc(C(=O)Cc2cccc(CNc3c(C(N)=O)cnc4c(C(N)=O)cccc34)c2)cc1. The molecular formula is C27H24N4O4. The molecule has 0 unspecified atom stereocenters. The first kappa shape index (κ1) is 23.4. The summed E-state index contributed by atoms with van der Waals surface area (Å²) >= 11 is 0. The number of primary amides is 2. The Labute approximate surface area is 201 Å². The molecule has 0 aliphatic heterocycles. The number of fused-ring (bicyclic) bond motifs is 1. The van der Waals surface area contributed by atoms with Gasteiger partial charge in [0.1, 0.15) is 5.75 Å². The average molecular weight is 469 g/mol. The number of hydrogen-bond donors (Lipinski definition) is 3. The van der Waals surface area contributed by atoms with Crippen LogP contribution in [0, 0.1) is 0 Å². The normalized spacial score (nSPS) is 10.7. The molecule has 0 aliphatic rings. The van der Waals surface area contributed by atoms with E-state index in [9.17, 15) is 14.4 Å². The standard InChI is InChI=1S/C27H24N4O4/c1-35-19-10-8-18(9-11-19)23(32)13-16-4-2-5-17(12-16)14-30-25-20-6-3-7-21(26(28)33)24(20)31-15-22(25)27(29)34/h2-12,15H,13-14H2,1H3,(H2,28,33)(H2,29,34)(H,30,31). The third-order valence-electron chi connectivity index (χ3n) is 5.67. The number of rotatable bonds is 9. The molecule has 3 aromatic carbocycles. The summed E-state index contributed by atoms with van der Waals surface area (Å²) in [7, 11) is 1.58. The van der Waals surface area contributed by atoms with Gasteiger partial charge >= 0.3 is 0 Å². The van der Waals surface area contributed by atoms with Crippen molar-refractivity contribution in [2.45, 2.75) is 13.0 Å². The number of para-hydroxylation sites is 1. The molecule has 4 rings (SSSR count). The molecule has 0 saturated heterocycles. The van der Waals surface area contributed by atoms with Gasteiger partial charge in [-0.1, -0.05) is 36.4 Å². The predicted octanol–water partition coefficient (Wildman–Crippen LogP) is 3.48. The van der Waals surface area contributed by atoms with Crippen LogP contribution in [-0.2, 0) is 13.0 Å². The fourth-order valence-corrected chi connectivity index (χ4v) is 3.90. The fourth-order valence-electron chi connectivity index (χ4n) is 3.90. The second-order valence-corrected chi connectivity index (χ2v) is 7.98. The van der Waals surface area contributed by atoms with Crippen LogP contribution in [-0.4, -0.2) is 29.7 Å². The van der Waals surface area contributed by atoms with Gasteiger partial charge in [-0.15, -0.1) is 0 Å². The second-order valence-electron chi connectivity index (χ2n) is 7.98. The zero-order valence-corrected chi connectivity index (χ0v) is 19.1. The highest BCUT2D eigenvalue weighted by Crippen LogP contribution is 2.28. The Balaban J connectivity index is 1.57. The van der Waals surface area contributed by atoms with Crippen LogP contribution in [0.25, 0.3) is 10.9 Å². The van der Waals surface area contributed by atoms with E-state index in [1.807, 2.05) is 24.3 Å². The molecule has 35 heavy (non-hydrogen) atoms. The number of methoxy groups -OCH3 is 1. The fraction of sp³-hybridized carbons (Fsp3) is 0.111. The van der Waals surface area contributed by atoms with Crippen LogP contribution in [0.5, 0.6) is 5.75 Å². The minimum atomic E-state index is -0.648. The van der Waals surface area contributed by atoms with Crippen molar-refractivity contribution in [3.63, 3.8) is 0 Å². The molecule has 0 radical (unpaired) electrons. The lowest BCUT2D eigenvalue weighted by molar-refractivity contribution is 0.0986. The third-order valence-corrected chi connectivity index (χ3v) is 5.67. The second kappa shape index (κ2) is 10.0. The maximum Gasteiger partial charge on any atom is 0.252 e. The van der Waals surface area contributed by atoms with E-state index in [1.54, 1.807) is 49.6 Å². The number of hydrogen-bond acceptors (Lipinski definition) is 6. The lowest BCUT2D eigenvalue weighted by Gasteiger charge is -2.15. The molecule has 176 valence electrons. The van der Waals surface area contributed by atoms with Gasteiger partial charge in [0, 0.05) is 30.1 Å². The molecule has 1 heterocycles. The Morgan fingerprint density at radius 3 is 2.26 bits per heavy atom. The van der Waals surface area contributed by atoms with Crippen LogP contribution < -0.4 is 21.5 Å². The summed E-state index contributed by atoms with van der Waals surface area (Å²) in [5.41, 5.74) is 14.7. The minimum absolute atomic E-state index is 0.00659. The number of benzene rings is 3. The minimum Gasteiger partial charge on any atom is -0.497 e. The Morgan fingerprint density at radius 1 is 0.886 bits per heavy atom. The van der Waals surface area contributed by atoms with E-state index in [0.717, 1.165) is 11.1 Å². The Morgan fingerprint density at radius 2 is 1.57 bits per heavy atom. The van der Waals surface area contributed by atoms with Crippen LogP contribution in [0.4, 0.5) is 5.69 Å². The number of ether oxygens (including phenoxy) is 1. The summed E-state index contributed by atoms with van der Waals surface area (Å²) in [6.07, 6.45) is 1.58. The Hall–Kier alpha value is -4.72. The van der Waals surface area contributed by atoms with Crippen molar-refractivity contribution >= 4 is 34.2 Å². The molecule has 2 amide bonds. The van der Waals surface area contributed by atoms with Gasteiger partial charge in [-0.2, -0.15) is 0 Å². The van der Waals surface area contributed by atoms with Crippen LogP contribution >= 0.6 is 0 Å². The number of Topliss-reactive ketones (excluding diaryl/α,β-unsaturated/α-hetero) is 1. The first-order valence-corrected chi connectivity index (χ1v) is 10.9. The van der Waals surface area contributed by atoms with Crippen molar-refractivity contribution in [2.24, 2.45) is 11.5 Å². The van der Waals surface area contributed by atoms with Gasteiger partial charge in [0.15, 0.2) is 5.78 Å². The van der Waals surface area contributed by atoms with E-state index >= 15 is 0 Å². The number of carbonyl (C=O) groups excluding carboxylic acids is 3. The van der Waals surface area contributed by atoms with Crippen molar-refractivity contribution in [3.8, 4) is 5.75 Å². The number of amides is 2. The van der Waals surface area contributed by atoms with E-state index < -0.39 is 11.8 Å². The van der Waals surface area contributed by atoms with Gasteiger partial charge in [-0.05, 0) is 41.5 Å². The summed E-state index contributed by atoms with van der Waals surface area (Å²) in [5, 5.41) is 3.81. The zero-order valence-electron chi connectivity index (χ0n) is 19.1. The van der Waals surface area contributed by atoms with E-state index in [2.05, 4.69) is 10.3 Å². The van der Waals surface area contributed by atoms with Gasteiger partial charge < -0.3 is 21.5 Å². The number of nitrogens with zero attached hydrogens (tertiary/aromatic N) is 1. The summed E-state index contributed by atoms with van der Waals surface area (Å²) in [6.45, 7) is 0.352. The van der Waals surface area contributed by atoms with Crippen molar-refractivity contribution < 1.29 is 19.1 Å². The summed E-state index contributed by atoms with van der Waals surface area (Å²) in [5.74, 6) is -0.579. The van der Waals surface area contributed by atoms with E-state index in [0.29, 0.717) is 34.4 Å². The summed E-state index contributed by atoms with van der Waals surface area (Å²) in [4.78, 5) is 40.8. The largest absolute Gasteiger partial charge is 0.497 e. The van der Waals surface area contributed by atoms with Gasteiger partial charge in [-0.3, -0.25) is 19.4 Å². The molecule has 0 atom stereocenters. The van der Waals surface area contributed by atoms with Crippen LogP contribution in [0.3, 0.4) is 0 Å². The summed E-state index contributed by atoms with van der Waals surface area (Å²) in [6, 6.07) is 19.6. The molecule has 5 N–H and O–H groups in total. The number of ketones is 1. The van der Waals surface area contributed by atoms with Crippen LogP contribution in [0.15, 0.2) is 72.9 Å². The molecule has 1 aromatic heterocycles. The first-order valence-electron chi connectivity index (χ1n) is 10.9. The molecule has 0 aliphatic carbocycles. The molecule has 0 bridgehead atoms. The quantitative estimate of drug-likeness (QED) is 0.322. The van der Waals surface area contributed by atoms with E-state index in [4.69, 9.17) is 16.2 Å². The van der Waals surface area contributed by atoms with Gasteiger partial charge in [0.2, 0.25) is 0 Å². The highest BCUT2D eigenvalue weighted by molar-refractivity contribution is 6.12. The lowest BCUT2D eigenvalue weighted by Crippen LogP contribution is -2.17. The number of nitrogens with two attached hydrogens (primary N) is 2. The Bertz CT molecular complexity index is 1430. The smallest absolute Gasteiger partial charge is 0.252 e. The maximum absolute atomic E-state index is 12.7. The van der Waals surface area contributed by atoms with Gasteiger partial charge in [0.05, 0.1) is 29.4 Å². The van der Waals surface area contributed by atoms with Crippen molar-refractivity contribution in [1.82, 2.24) is 4.98 Å². The Kier molecular flexibility index (Phi) is 6.73. The van der Waals surface area contributed by atoms with E-state index in [1.165, 1.54) is 6.20 Å². The van der Waals surface area contributed by atoms with Gasteiger partial charge in [0.25, 0.3) is 11.8 Å². The number of carbonyl (C=O) groups is 3. The number of pyridine rings is 1. The molecule has 0 saturated carbocycles. The van der Waals surface area contributed by atoms with Crippen molar-refractivity contribution in [3.05, 3.63) is 101 Å². The lowest BCUT2D eigenvalue weighted by atomic mass is 10.0. The van der Waals surface area contributed by atoms with E-state index in [-0.39, 0.29) is 23.3 Å². The number of aromatic nitrogens is 1. The van der Waals surface area contributed by atoms with Crippen molar-refractivity contribution in [2.75, 3.05) is 12.4 Å². The molecule has 4 aromatic rings. The number of nitrogens with one attached hydrogen (secondary N) is 1. The first-order chi connectivity index (χ1) is 16.9. The predicted molar refractivity (Wildman–Crippen MR) is 134 cm³/mol. The molecule has 0 spiro atoms. The molecule has 8 heteroatoms. The highest BCUT2D eigenvalue weighted by atomic mass is 16.5. The number of anilines is 1. The highest BCUT2D eigenvalue weighted by Gasteiger charge is 2.17. The third kappa shape index (κ3) is 5.11. The summed E-state index contributed by atoms with van der Waals surface area (Å²) < 4.78 is 5.14. The monoisotopic (exact) mass is 468 g/mol. The van der Waals surface area contributed by atoms with Gasteiger partial charge in [-0.25, -0.2) is 0 Å².